The largest absolute Gasteiger partial charge is 0.272 e. The van der Waals surface area contributed by atoms with Crippen molar-refractivity contribution < 1.29 is 9.31 Å². The Hall–Kier alpha value is -2.02. The molecule has 2 aromatic rings. The lowest BCUT2D eigenvalue weighted by Crippen LogP contribution is -1.99. The third kappa shape index (κ3) is 2.70. The molecule has 0 spiro atoms. The topological polar surface area (TPSA) is 73.8 Å². The van der Waals surface area contributed by atoms with E-state index in [1.807, 2.05) is 6.92 Å². The van der Waals surface area contributed by atoms with Crippen molar-refractivity contribution in [3.05, 3.63) is 46.0 Å². The summed E-state index contributed by atoms with van der Waals surface area (Å²) in [5.41, 5.74) is 0.302. The third-order valence-electron chi connectivity index (χ3n) is 2.58. The van der Waals surface area contributed by atoms with Crippen molar-refractivity contribution in [2.75, 3.05) is 0 Å². The van der Waals surface area contributed by atoms with Crippen LogP contribution in [-0.4, -0.2) is 19.9 Å². The van der Waals surface area contributed by atoms with Crippen molar-refractivity contribution >= 4 is 17.3 Å². The maximum Gasteiger partial charge on any atom is 0.272 e. The first-order chi connectivity index (χ1) is 9.02. The Kier molecular flexibility index (Phi) is 3.75. The van der Waals surface area contributed by atoms with Gasteiger partial charge in [0.2, 0.25) is 0 Å². The summed E-state index contributed by atoms with van der Waals surface area (Å²) in [6.45, 7) is 1.89. The van der Waals surface area contributed by atoms with E-state index in [-0.39, 0.29) is 16.8 Å². The molecule has 1 unspecified atom stereocenters. The van der Waals surface area contributed by atoms with E-state index in [0.717, 1.165) is 6.07 Å². The summed E-state index contributed by atoms with van der Waals surface area (Å²) in [6, 6.07) is 3.33. The van der Waals surface area contributed by atoms with Crippen LogP contribution in [0.5, 0.6) is 0 Å². The number of non-ortho nitro benzene ring substituents is 1. The van der Waals surface area contributed by atoms with Crippen LogP contribution in [0.2, 0.25) is 0 Å². The van der Waals surface area contributed by atoms with Gasteiger partial charge in [0, 0.05) is 6.07 Å². The minimum atomic E-state index is -0.742. The standard InChI is InChI=1S/C11H10ClFN4O2/c1-2-8(12)10-6-16(15-14-10)11-4-3-7(17(18)19)5-9(11)13/h3-6,8H,2H2,1H3. The third-order valence-corrected chi connectivity index (χ3v) is 3.11. The fraction of sp³-hybridized carbons (Fsp3) is 0.273. The van der Waals surface area contributed by atoms with Gasteiger partial charge in [-0.1, -0.05) is 12.1 Å². The average molecular weight is 285 g/mol. The molecule has 19 heavy (non-hydrogen) atoms. The molecule has 100 valence electrons. The molecule has 0 saturated carbocycles. The molecule has 0 aliphatic carbocycles. The smallest absolute Gasteiger partial charge is 0.258 e. The molecule has 0 amide bonds. The van der Waals surface area contributed by atoms with Crippen LogP contribution < -0.4 is 0 Å². The molecule has 0 N–H and O–H groups in total. The Balaban J connectivity index is 2.37. The molecule has 0 aliphatic heterocycles. The number of nitro groups is 1. The van der Waals surface area contributed by atoms with E-state index in [1.54, 1.807) is 0 Å². The van der Waals surface area contributed by atoms with Gasteiger partial charge in [0.25, 0.3) is 5.69 Å². The first kappa shape index (κ1) is 13.4. The Morgan fingerprint density at radius 3 is 2.89 bits per heavy atom. The Bertz CT molecular complexity index is 616. The van der Waals surface area contributed by atoms with Crippen LogP contribution in [0, 0.1) is 15.9 Å². The van der Waals surface area contributed by atoms with E-state index < -0.39 is 10.7 Å². The highest BCUT2D eigenvalue weighted by molar-refractivity contribution is 6.20. The first-order valence-corrected chi connectivity index (χ1v) is 5.97. The van der Waals surface area contributed by atoms with Gasteiger partial charge in [-0.05, 0) is 12.5 Å². The molecular weight excluding hydrogens is 275 g/mol. The van der Waals surface area contributed by atoms with E-state index in [0.29, 0.717) is 12.1 Å². The van der Waals surface area contributed by atoms with Crippen molar-refractivity contribution in [3.63, 3.8) is 0 Å². The van der Waals surface area contributed by atoms with Gasteiger partial charge in [-0.3, -0.25) is 10.1 Å². The summed E-state index contributed by atoms with van der Waals surface area (Å²) >= 11 is 6.00. The zero-order valence-corrected chi connectivity index (χ0v) is 10.7. The molecule has 1 heterocycles. The second-order valence-electron chi connectivity index (χ2n) is 3.86. The summed E-state index contributed by atoms with van der Waals surface area (Å²) in [5, 5.41) is 17.8. The maximum absolute atomic E-state index is 13.8. The molecular formula is C11H10ClFN4O2. The minimum absolute atomic E-state index is 0.0873. The van der Waals surface area contributed by atoms with Crippen LogP contribution in [0.15, 0.2) is 24.4 Å². The quantitative estimate of drug-likeness (QED) is 0.491. The summed E-state index contributed by atoms with van der Waals surface area (Å²) in [5.74, 6) is -0.742. The highest BCUT2D eigenvalue weighted by Gasteiger charge is 2.15. The monoisotopic (exact) mass is 284 g/mol. The van der Waals surface area contributed by atoms with E-state index in [9.17, 15) is 14.5 Å². The summed E-state index contributed by atoms with van der Waals surface area (Å²) < 4.78 is 15.0. The predicted molar refractivity (Wildman–Crippen MR) is 66.9 cm³/mol. The molecule has 1 atom stereocenters. The van der Waals surface area contributed by atoms with Gasteiger partial charge in [-0.25, -0.2) is 9.07 Å². The number of alkyl halides is 1. The van der Waals surface area contributed by atoms with Crippen molar-refractivity contribution in [1.29, 1.82) is 0 Å². The maximum atomic E-state index is 13.8. The van der Waals surface area contributed by atoms with Crippen molar-refractivity contribution in [1.82, 2.24) is 15.0 Å². The fourth-order valence-electron chi connectivity index (χ4n) is 1.54. The fourth-order valence-corrected chi connectivity index (χ4v) is 1.64. The van der Waals surface area contributed by atoms with Gasteiger partial charge in [0.05, 0.1) is 22.6 Å². The van der Waals surface area contributed by atoms with E-state index in [1.165, 1.54) is 23.0 Å². The summed E-state index contributed by atoms with van der Waals surface area (Å²) in [6.07, 6.45) is 2.18. The second kappa shape index (κ2) is 5.31. The highest BCUT2D eigenvalue weighted by atomic mass is 35.5. The number of rotatable bonds is 4. The van der Waals surface area contributed by atoms with Crippen molar-refractivity contribution in [2.45, 2.75) is 18.7 Å². The van der Waals surface area contributed by atoms with Crippen LogP contribution >= 0.6 is 11.6 Å². The summed E-state index contributed by atoms with van der Waals surface area (Å²) in [4.78, 5) is 9.86. The van der Waals surface area contributed by atoms with Crippen LogP contribution in [0.1, 0.15) is 24.4 Å². The SMILES string of the molecule is CCC(Cl)c1cn(-c2ccc([N+](=O)[O-])cc2F)nn1. The van der Waals surface area contributed by atoms with Gasteiger partial charge < -0.3 is 0 Å². The van der Waals surface area contributed by atoms with Crippen molar-refractivity contribution in [2.24, 2.45) is 0 Å². The lowest BCUT2D eigenvalue weighted by Gasteiger charge is -2.02. The van der Waals surface area contributed by atoms with Crippen LogP contribution in [0.25, 0.3) is 5.69 Å². The van der Waals surface area contributed by atoms with E-state index >= 15 is 0 Å². The number of benzene rings is 1. The number of halogens is 2. The molecule has 1 aromatic heterocycles. The zero-order chi connectivity index (χ0) is 14.0. The minimum Gasteiger partial charge on any atom is -0.258 e. The van der Waals surface area contributed by atoms with E-state index in [4.69, 9.17) is 11.6 Å². The van der Waals surface area contributed by atoms with Crippen LogP contribution in [0.4, 0.5) is 10.1 Å². The lowest BCUT2D eigenvalue weighted by molar-refractivity contribution is -0.385. The second-order valence-corrected chi connectivity index (χ2v) is 4.38. The number of hydrogen-bond acceptors (Lipinski definition) is 4. The zero-order valence-electron chi connectivity index (χ0n) is 9.96. The molecule has 0 saturated heterocycles. The van der Waals surface area contributed by atoms with Gasteiger partial charge in [-0.15, -0.1) is 16.7 Å². The molecule has 0 fully saturated rings. The Morgan fingerprint density at radius 1 is 1.58 bits per heavy atom. The summed E-state index contributed by atoms with van der Waals surface area (Å²) in [7, 11) is 0. The molecule has 8 heteroatoms. The lowest BCUT2D eigenvalue weighted by atomic mass is 10.2. The molecule has 1 aromatic carbocycles. The Labute approximate surface area is 113 Å². The number of nitrogens with zero attached hydrogens (tertiary/aromatic N) is 4. The molecule has 0 radical (unpaired) electrons. The predicted octanol–water partition coefficient (Wildman–Crippen LogP) is 3.00. The number of nitro benzene ring substituents is 1. The molecule has 2 rings (SSSR count). The number of aromatic nitrogens is 3. The number of hydrogen-bond donors (Lipinski definition) is 0. The van der Waals surface area contributed by atoms with Gasteiger partial charge >= 0.3 is 0 Å². The Morgan fingerprint density at radius 2 is 2.32 bits per heavy atom. The van der Waals surface area contributed by atoms with Gasteiger partial charge in [0.15, 0.2) is 5.82 Å². The first-order valence-electron chi connectivity index (χ1n) is 5.53. The normalized spacial score (nSPS) is 12.4. The average Bonchev–Trinajstić information content (AvgIpc) is 2.87. The van der Waals surface area contributed by atoms with E-state index in [2.05, 4.69) is 10.3 Å². The molecule has 0 bridgehead atoms. The van der Waals surface area contributed by atoms with Gasteiger partial charge in [0.1, 0.15) is 11.4 Å². The van der Waals surface area contributed by atoms with Crippen molar-refractivity contribution in [3.8, 4) is 5.69 Å². The molecule has 0 aliphatic rings. The van der Waals surface area contributed by atoms with Crippen LogP contribution in [0.3, 0.4) is 0 Å². The van der Waals surface area contributed by atoms with Gasteiger partial charge in [-0.2, -0.15) is 0 Å². The molecule has 6 nitrogen and oxygen atoms in total. The highest BCUT2D eigenvalue weighted by Crippen LogP contribution is 2.23. The van der Waals surface area contributed by atoms with Crippen LogP contribution in [-0.2, 0) is 0 Å².